The molecule has 0 aromatic heterocycles. The first-order valence-corrected chi connectivity index (χ1v) is 4.68. The highest BCUT2D eigenvalue weighted by Gasteiger charge is 2.25. The summed E-state index contributed by atoms with van der Waals surface area (Å²) in [6.07, 6.45) is 1.64. The summed E-state index contributed by atoms with van der Waals surface area (Å²) in [6, 6.07) is 7.11. The van der Waals surface area contributed by atoms with Crippen molar-refractivity contribution < 1.29 is 9.50 Å². The number of hydrogen-bond donors (Lipinski definition) is 1. The number of halogens is 1. The minimum absolute atomic E-state index is 0.276. The van der Waals surface area contributed by atoms with E-state index in [0.717, 1.165) is 12.0 Å². The molecule has 2 rings (SSSR count). The molecule has 2 atom stereocenters. The number of benzene rings is 1. The summed E-state index contributed by atoms with van der Waals surface area (Å²) in [4.78, 5) is 0. The maximum absolute atomic E-state index is 12.9. The Morgan fingerprint density at radius 2 is 1.85 bits per heavy atom. The molecule has 1 nitrogen and oxygen atoms in total. The normalized spacial score (nSPS) is 27.8. The van der Waals surface area contributed by atoms with Crippen LogP contribution in [0, 0.1) is 0 Å². The zero-order chi connectivity index (χ0) is 9.26. The van der Waals surface area contributed by atoms with E-state index < -0.39 is 6.17 Å². The molecule has 0 amide bonds. The van der Waals surface area contributed by atoms with Gasteiger partial charge >= 0.3 is 0 Å². The quantitative estimate of drug-likeness (QED) is 0.704. The van der Waals surface area contributed by atoms with Crippen molar-refractivity contribution in [2.45, 2.75) is 31.4 Å². The van der Waals surface area contributed by atoms with Gasteiger partial charge in [-0.1, -0.05) is 12.1 Å². The van der Waals surface area contributed by atoms with Crippen molar-refractivity contribution in [2.24, 2.45) is 0 Å². The van der Waals surface area contributed by atoms with Crippen LogP contribution >= 0.6 is 0 Å². The SMILES string of the molecule is Oc1ccc(C2CCC(F)C2)cc1. The fourth-order valence-electron chi connectivity index (χ4n) is 1.98. The van der Waals surface area contributed by atoms with Crippen molar-refractivity contribution in [1.29, 1.82) is 0 Å². The minimum Gasteiger partial charge on any atom is -0.508 e. The third kappa shape index (κ3) is 1.82. The molecule has 2 unspecified atom stereocenters. The van der Waals surface area contributed by atoms with E-state index in [-0.39, 0.29) is 5.75 Å². The van der Waals surface area contributed by atoms with Crippen LogP contribution in [0.5, 0.6) is 5.75 Å². The second-order valence-corrected chi connectivity index (χ2v) is 3.70. The maximum Gasteiger partial charge on any atom is 0.115 e. The minimum atomic E-state index is -0.626. The smallest absolute Gasteiger partial charge is 0.115 e. The Morgan fingerprint density at radius 1 is 1.15 bits per heavy atom. The summed E-state index contributed by atoms with van der Waals surface area (Å²) < 4.78 is 12.9. The van der Waals surface area contributed by atoms with E-state index in [1.165, 1.54) is 0 Å². The summed E-state index contributed by atoms with van der Waals surface area (Å²) >= 11 is 0. The molecule has 0 aliphatic heterocycles. The number of phenols is 1. The van der Waals surface area contributed by atoms with Gasteiger partial charge in [-0.15, -0.1) is 0 Å². The van der Waals surface area contributed by atoms with E-state index in [1.54, 1.807) is 12.1 Å². The lowest BCUT2D eigenvalue weighted by molar-refractivity contribution is 0.339. The van der Waals surface area contributed by atoms with Gasteiger partial charge < -0.3 is 5.11 Å². The summed E-state index contributed by atoms with van der Waals surface area (Å²) in [5, 5.41) is 9.08. The molecule has 1 aromatic carbocycles. The van der Waals surface area contributed by atoms with Crippen LogP contribution in [0.4, 0.5) is 4.39 Å². The van der Waals surface area contributed by atoms with E-state index >= 15 is 0 Å². The average molecular weight is 180 g/mol. The van der Waals surface area contributed by atoms with Crippen molar-refractivity contribution in [3.05, 3.63) is 29.8 Å². The molecule has 70 valence electrons. The first kappa shape index (κ1) is 8.54. The molecule has 1 fully saturated rings. The van der Waals surface area contributed by atoms with Crippen LogP contribution in [-0.4, -0.2) is 11.3 Å². The van der Waals surface area contributed by atoms with Gasteiger partial charge in [0, 0.05) is 0 Å². The van der Waals surface area contributed by atoms with Crippen LogP contribution < -0.4 is 0 Å². The maximum atomic E-state index is 12.9. The van der Waals surface area contributed by atoms with Gasteiger partial charge in [0.15, 0.2) is 0 Å². The first-order chi connectivity index (χ1) is 6.25. The van der Waals surface area contributed by atoms with E-state index in [4.69, 9.17) is 5.11 Å². The highest BCUT2D eigenvalue weighted by atomic mass is 19.1. The summed E-state index contributed by atoms with van der Waals surface area (Å²) in [6.45, 7) is 0. The highest BCUT2D eigenvalue weighted by molar-refractivity contribution is 5.28. The monoisotopic (exact) mass is 180 g/mol. The molecule has 0 bridgehead atoms. The zero-order valence-electron chi connectivity index (χ0n) is 7.41. The molecule has 1 aliphatic rings. The van der Waals surface area contributed by atoms with Gasteiger partial charge in [-0.25, -0.2) is 4.39 Å². The van der Waals surface area contributed by atoms with E-state index in [2.05, 4.69) is 0 Å². The van der Waals surface area contributed by atoms with E-state index in [0.29, 0.717) is 18.8 Å². The molecular weight excluding hydrogens is 167 g/mol. The third-order valence-electron chi connectivity index (χ3n) is 2.73. The largest absolute Gasteiger partial charge is 0.508 e. The standard InChI is InChI=1S/C11H13FO/c12-10-4-1-9(7-10)8-2-5-11(13)6-3-8/h2-3,5-6,9-10,13H,1,4,7H2. The van der Waals surface area contributed by atoms with Crippen molar-refractivity contribution in [3.8, 4) is 5.75 Å². The lowest BCUT2D eigenvalue weighted by Gasteiger charge is -2.08. The Hall–Kier alpha value is -1.05. The van der Waals surface area contributed by atoms with Crippen molar-refractivity contribution in [2.75, 3.05) is 0 Å². The zero-order valence-corrected chi connectivity index (χ0v) is 7.41. The van der Waals surface area contributed by atoms with Gasteiger partial charge in [0.25, 0.3) is 0 Å². The Kier molecular flexibility index (Phi) is 2.21. The highest BCUT2D eigenvalue weighted by Crippen LogP contribution is 2.36. The van der Waals surface area contributed by atoms with Crippen molar-refractivity contribution >= 4 is 0 Å². The Labute approximate surface area is 77.2 Å². The molecule has 1 aromatic rings. The molecular formula is C11H13FO. The number of phenolic OH excluding ortho intramolecular Hbond substituents is 1. The van der Waals surface area contributed by atoms with E-state index in [1.807, 2.05) is 12.1 Å². The second kappa shape index (κ2) is 3.36. The summed E-state index contributed by atoms with van der Waals surface area (Å²) in [7, 11) is 0. The molecule has 0 heterocycles. The molecule has 1 N–H and O–H groups in total. The van der Waals surface area contributed by atoms with Crippen LogP contribution in [0.3, 0.4) is 0 Å². The number of hydrogen-bond acceptors (Lipinski definition) is 1. The molecule has 0 saturated heterocycles. The number of alkyl halides is 1. The van der Waals surface area contributed by atoms with Gasteiger partial charge in [-0.3, -0.25) is 0 Å². The van der Waals surface area contributed by atoms with Gasteiger partial charge in [-0.2, -0.15) is 0 Å². The molecule has 1 aliphatic carbocycles. The third-order valence-corrected chi connectivity index (χ3v) is 2.73. The predicted molar refractivity (Wildman–Crippen MR) is 49.6 cm³/mol. The van der Waals surface area contributed by atoms with Gasteiger partial charge in [0.1, 0.15) is 11.9 Å². The molecule has 0 spiro atoms. The van der Waals surface area contributed by atoms with Gasteiger partial charge in [0.05, 0.1) is 0 Å². The van der Waals surface area contributed by atoms with Crippen molar-refractivity contribution in [3.63, 3.8) is 0 Å². The van der Waals surface area contributed by atoms with Crippen LogP contribution in [0.1, 0.15) is 30.7 Å². The number of rotatable bonds is 1. The van der Waals surface area contributed by atoms with E-state index in [9.17, 15) is 4.39 Å². The fourth-order valence-corrected chi connectivity index (χ4v) is 1.98. The van der Waals surface area contributed by atoms with Gasteiger partial charge in [-0.05, 0) is 42.9 Å². The summed E-state index contributed by atoms with van der Waals surface area (Å²) in [5.41, 5.74) is 1.15. The predicted octanol–water partition coefficient (Wildman–Crippen LogP) is 3.00. The molecule has 2 heteroatoms. The molecule has 1 saturated carbocycles. The Balaban J connectivity index is 2.13. The number of aromatic hydroxyl groups is 1. The van der Waals surface area contributed by atoms with Crippen molar-refractivity contribution in [1.82, 2.24) is 0 Å². The van der Waals surface area contributed by atoms with Crippen LogP contribution in [-0.2, 0) is 0 Å². The molecule has 13 heavy (non-hydrogen) atoms. The topological polar surface area (TPSA) is 20.2 Å². The Bertz CT molecular complexity index is 281. The van der Waals surface area contributed by atoms with Gasteiger partial charge in [0.2, 0.25) is 0 Å². The average Bonchev–Trinajstić information content (AvgIpc) is 2.53. The Morgan fingerprint density at radius 3 is 2.38 bits per heavy atom. The van der Waals surface area contributed by atoms with Crippen LogP contribution in [0.15, 0.2) is 24.3 Å². The van der Waals surface area contributed by atoms with Crippen LogP contribution in [0.2, 0.25) is 0 Å². The lowest BCUT2D eigenvalue weighted by Crippen LogP contribution is -1.94. The second-order valence-electron chi connectivity index (χ2n) is 3.70. The van der Waals surface area contributed by atoms with Crippen LogP contribution in [0.25, 0.3) is 0 Å². The lowest BCUT2D eigenvalue weighted by atomic mass is 9.98. The molecule has 0 radical (unpaired) electrons. The summed E-state index contributed by atoms with van der Waals surface area (Å²) in [5.74, 6) is 0.633. The fraction of sp³-hybridized carbons (Fsp3) is 0.455. The first-order valence-electron chi connectivity index (χ1n) is 4.68.